The molecule has 0 amide bonds. The van der Waals surface area contributed by atoms with Crippen molar-refractivity contribution in [3.05, 3.63) is 101 Å². The molecule has 0 atom stereocenters. The van der Waals surface area contributed by atoms with Gasteiger partial charge in [0.25, 0.3) is 0 Å². The van der Waals surface area contributed by atoms with Crippen LogP contribution < -0.4 is 0 Å². The van der Waals surface area contributed by atoms with Crippen molar-refractivity contribution in [1.82, 2.24) is 9.55 Å². The fraction of sp³-hybridized carbons (Fsp3) is 0.148. The first-order valence-corrected chi connectivity index (χ1v) is 10.7. The highest BCUT2D eigenvalue weighted by atomic mass is 19.4. The highest BCUT2D eigenvalue weighted by molar-refractivity contribution is 6.00. The Morgan fingerprint density at radius 2 is 1.77 bits per heavy atom. The monoisotopic (exact) mass is 478 g/mol. The number of para-hydroxylation sites is 1. The van der Waals surface area contributed by atoms with Crippen LogP contribution in [0.1, 0.15) is 33.0 Å². The van der Waals surface area contributed by atoms with Gasteiger partial charge in [-0.25, -0.2) is 9.78 Å². The van der Waals surface area contributed by atoms with Crippen molar-refractivity contribution in [3.8, 4) is 5.69 Å². The molecular weight excluding hydrogens is 457 g/mol. The van der Waals surface area contributed by atoms with Crippen LogP contribution >= 0.6 is 0 Å². The van der Waals surface area contributed by atoms with E-state index >= 15 is 0 Å². The molecule has 2 heterocycles. The largest absolute Gasteiger partial charge is 0.454 e. The quantitative estimate of drug-likeness (QED) is 0.191. The fourth-order valence-corrected chi connectivity index (χ4v) is 3.85. The third kappa shape index (κ3) is 5.32. The van der Waals surface area contributed by atoms with Crippen LogP contribution in [0.5, 0.6) is 0 Å². The topological polar surface area (TPSA) is 61.2 Å². The lowest BCUT2D eigenvalue weighted by atomic mass is 10.1. The number of ether oxygens (including phenoxy) is 1. The second-order valence-corrected chi connectivity index (χ2v) is 7.96. The summed E-state index contributed by atoms with van der Waals surface area (Å²) in [5, 5.41) is 0.973. The van der Waals surface area contributed by atoms with E-state index < -0.39 is 30.1 Å². The Bertz CT molecular complexity index is 1450. The Hall–Kier alpha value is -4.20. The zero-order chi connectivity index (χ0) is 25.2. The van der Waals surface area contributed by atoms with E-state index in [0.717, 1.165) is 23.0 Å². The van der Waals surface area contributed by atoms with Gasteiger partial charge in [0.05, 0.1) is 16.8 Å². The van der Waals surface area contributed by atoms with Gasteiger partial charge in [-0.2, -0.15) is 13.2 Å². The van der Waals surface area contributed by atoms with Crippen LogP contribution in [0, 0.1) is 13.8 Å². The number of carbonyl (C=O) groups excluding carboxylic acids is 2. The number of aryl methyl sites for hydroxylation is 1. The molecule has 2 aromatic carbocycles. The maximum Gasteiger partial charge on any atom is 0.416 e. The van der Waals surface area contributed by atoms with Gasteiger partial charge in [0, 0.05) is 34.1 Å². The van der Waals surface area contributed by atoms with Gasteiger partial charge < -0.3 is 9.30 Å². The van der Waals surface area contributed by atoms with Crippen LogP contribution in [-0.4, -0.2) is 27.9 Å². The van der Waals surface area contributed by atoms with E-state index in [1.54, 1.807) is 30.5 Å². The number of ketones is 1. The minimum absolute atomic E-state index is 0.271. The van der Waals surface area contributed by atoms with Crippen molar-refractivity contribution in [1.29, 1.82) is 0 Å². The normalized spacial score (nSPS) is 11.8. The molecule has 8 heteroatoms. The summed E-state index contributed by atoms with van der Waals surface area (Å²) in [5.74, 6) is -1.16. The van der Waals surface area contributed by atoms with E-state index in [-0.39, 0.29) is 11.3 Å². The Morgan fingerprint density at radius 3 is 2.54 bits per heavy atom. The molecule has 0 radical (unpaired) electrons. The van der Waals surface area contributed by atoms with E-state index in [9.17, 15) is 22.8 Å². The second kappa shape index (κ2) is 9.58. The number of hydrogen-bond acceptors (Lipinski definition) is 4. The molecule has 2 aromatic heterocycles. The number of aromatic nitrogens is 2. The number of fused-ring (bicyclic) bond motifs is 1. The first-order chi connectivity index (χ1) is 16.6. The molecule has 178 valence electrons. The molecular formula is C27H21F3N2O3. The van der Waals surface area contributed by atoms with Gasteiger partial charge in [0.2, 0.25) is 5.78 Å². The van der Waals surface area contributed by atoms with Gasteiger partial charge in [-0.3, -0.25) is 4.79 Å². The zero-order valence-electron chi connectivity index (χ0n) is 19.0. The molecule has 5 nitrogen and oxygen atoms in total. The lowest BCUT2D eigenvalue weighted by Crippen LogP contribution is -2.13. The number of halogens is 3. The van der Waals surface area contributed by atoms with E-state index in [1.165, 1.54) is 24.3 Å². The summed E-state index contributed by atoms with van der Waals surface area (Å²) in [4.78, 5) is 29.3. The van der Waals surface area contributed by atoms with Crippen LogP contribution in [-0.2, 0) is 15.7 Å². The SMILES string of the molecule is Cc1cc(C(=O)COC(=O)/C=C/c2ccc3ccccc3n2)c(C)n1-c1cccc(C(F)(F)F)c1. The number of alkyl halides is 3. The van der Waals surface area contributed by atoms with Crippen LogP contribution in [0.2, 0.25) is 0 Å². The highest BCUT2D eigenvalue weighted by Gasteiger charge is 2.31. The Kier molecular flexibility index (Phi) is 6.55. The molecule has 35 heavy (non-hydrogen) atoms. The predicted octanol–water partition coefficient (Wildman–Crippen LogP) is 6.10. The predicted molar refractivity (Wildman–Crippen MR) is 126 cm³/mol. The van der Waals surface area contributed by atoms with Crippen LogP contribution in [0.4, 0.5) is 13.2 Å². The molecule has 0 saturated carbocycles. The van der Waals surface area contributed by atoms with Crippen molar-refractivity contribution in [2.24, 2.45) is 0 Å². The van der Waals surface area contributed by atoms with E-state index in [0.29, 0.717) is 17.1 Å². The minimum Gasteiger partial charge on any atom is -0.454 e. The molecule has 0 aliphatic heterocycles. The number of benzene rings is 2. The first kappa shape index (κ1) is 23.9. The maximum atomic E-state index is 13.1. The van der Waals surface area contributed by atoms with E-state index in [2.05, 4.69) is 4.98 Å². The van der Waals surface area contributed by atoms with Crippen molar-refractivity contribution in [3.63, 3.8) is 0 Å². The minimum atomic E-state index is -4.48. The summed E-state index contributed by atoms with van der Waals surface area (Å²) in [6, 6.07) is 17.7. The van der Waals surface area contributed by atoms with Gasteiger partial charge >= 0.3 is 12.1 Å². The van der Waals surface area contributed by atoms with Gasteiger partial charge in [-0.05, 0) is 56.3 Å². The molecule has 4 rings (SSSR count). The van der Waals surface area contributed by atoms with Crippen molar-refractivity contribution >= 4 is 28.7 Å². The van der Waals surface area contributed by atoms with Crippen molar-refractivity contribution < 1.29 is 27.5 Å². The number of carbonyl (C=O) groups is 2. The summed E-state index contributed by atoms with van der Waals surface area (Å²) >= 11 is 0. The van der Waals surface area contributed by atoms with Crippen LogP contribution in [0.25, 0.3) is 22.7 Å². The molecule has 0 spiro atoms. The average Bonchev–Trinajstić information content (AvgIpc) is 3.14. The number of Topliss-reactive ketones (excluding diaryl/α,β-unsaturated/α-hetero) is 1. The molecule has 0 N–H and O–H groups in total. The van der Waals surface area contributed by atoms with Crippen molar-refractivity contribution in [2.75, 3.05) is 6.61 Å². The molecule has 0 unspecified atom stereocenters. The Labute approximate surface area is 199 Å². The number of rotatable bonds is 6. The lowest BCUT2D eigenvalue weighted by molar-refractivity contribution is -0.138. The summed E-state index contributed by atoms with van der Waals surface area (Å²) in [6.07, 6.45) is -1.79. The molecule has 0 aliphatic rings. The fourth-order valence-electron chi connectivity index (χ4n) is 3.85. The van der Waals surface area contributed by atoms with Crippen molar-refractivity contribution in [2.45, 2.75) is 20.0 Å². The number of pyridine rings is 1. The molecule has 4 aromatic rings. The van der Waals surface area contributed by atoms with E-state index in [1.807, 2.05) is 30.3 Å². The number of hydrogen-bond donors (Lipinski definition) is 0. The van der Waals surface area contributed by atoms with Gasteiger partial charge in [-0.15, -0.1) is 0 Å². The second-order valence-electron chi connectivity index (χ2n) is 7.96. The van der Waals surface area contributed by atoms with Crippen LogP contribution in [0.3, 0.4) is 0 Å². The standard InChI is InChI=1S/C27H21F3N2O3/c1-17-14-23(18(2)32(17)22-8-5-7-20(15-22)27(28,29)30)25(33)16-35-26(34)13-12-21-11-10-19-6-3-4-9-24(19)31-21/h3-15H,16H2,1-2H3/b13-12+. The number of esters is 1. The summed E-state index contributed by atoms with van der Waals surface area (Å²) < 4.78 is 46.0. The Balaban J connectivity index is 1.45. The molecule has 0 fully saturated rings. The molecule has 0 aliphatic carbocycles. The summed E-state index contributed by atoms with van der Waals surface area (Å²) in [5.41, 5.74) is 2.17. The van der Waals surface area contributed by atoms with Gasteiger partial charge in [-0.1, -0.05) is 30.3 Å². The third-order valence-electron chi connectivity index (χ3n) is 5.52. The van der Waals surface area contributed by atoms with E-state index in [4.69, 9.17) is 4.74 Å². The van der Waals surface area contributed by atoms with Gasteiger partial charge in [0.15, 0.2) is 6.61 Å². The maximum absolute atomic E-state index is 13.1. The van der Waals surface area contributed by atoms with Gasteiger partial charge in [0.1, 0.15) is 0 Å². The highest BCUT2D eigenvalue weighted by Crippen LogP contribution is 2.31. The molecule has 0 saturated heterocycles. The first-order valence-electron chi connectivity index (χ1n) is 10.7. The van der Waals surface area contributed by atoms with Crippen LogP contribution in [0.15, 0.2) is 72.8 Å². The smallest absolute Gasteiger partial charge is 0.416 e. The zero-order valence-corrected chi connectivity index (χ0v) is 19.0. The molecule has 0 bridgehead atoms. The lowest BCUT2D eigenvalue weighted by Gasteiger charge is -2.13. The summed E-state index contributed by atoms with van der Waals surface area (Å²) in [7, 11) is 0. The summed E-state index contributed by atoms with van der Waals surface area (Å²) in [6.45, 7) is 2.82. The number of nitrogens with zero attached hydrogens (tertiary/aromatic N) is 2. The third-order valence-corrected chi connectivity index (χ3v) is 5.52. The Morgan fingerprint density at radius 1 is 1.00 bits per heavy atom. The average molecular weight is 478 g/mol.